The second kappa shape index (κ2) is 5.03. The van der Waals surface area contributed by atoms with Crippen molar-refractivity contribution >= 4 is 5.91 Å². The summed E-state index contributed by atoms with van der Waals surface area (Å²) in [5, 5.41) is 5.88. The molecule has 1 heterocycles. The smallest absolute Gasteiger partial charge is 0.351 e. The quantitative estimate of drug-likeness (QED) is 0.820. The first kappa shape index (κ1) is 13.3. The van der Waals surface area contributed by atoms with Crippen molar-refractivity contribution in [3.8, 4) is 0 Å². The molecule has 1 aromatic rings. The summed E-state index contributed by atoms with van der Waals surface area (Å²) in [6, 6.07) is 0.968. The first-order valence-electron chi connectivity index (χ1n) is 4.86. The maximum Gasteiger partial charge on any atom is 0.435 e. The molecule has 0 saturated carbocycles. The predicted octanol–water partition coefficient (Wildman–Crippen LogP) is 1.51. The lowest BCUT2D eigenvalue weighted by atomic mass is 10.3. The fourth-order valence-electron chi connectivity index (χ4n) is 1.23. The van der Waals surface area contributed by atoms with Crippen molar-refractivity contribution in [1.29, 1.82) is 0 Å². The van der Waals surface area contributed by atoms with Crippen molar-refractivity contribution in [2.45, 2.75) is 19.6 Å². The Hall–Kier alpha value is -1.79. The van der Waals surface area contributed by atoms with Gasteiger partial charge in [0.2, 0.25) is 5.91 Å². The van der Waals surface area contributed by atoms with Gasteiger partial charge in [0.05, 0.1) is 6.54 Å². The van der Waals surface area contributed by atoms with Crippen molar-refractivity contribution in [1.82, 2.24) is 15.1 Å². The highest BCUT2D eigenvalue weighted by Gasteiger charge is 2.34. The van der Waals surface area contributed by atoms with Gasteiger partial charge in [0.25, 0.3) is 0 Å². The van der Waals surface area contributed by atoms with E-state index >= 15 is 0 Å². The molecule has 0 atom stereocenters. The van der Waals surface area contributed by atoms with Crippen LogP contribution in [-0.2, 0) is 17.5 Å². The summed E-state index contributed by atoms with van der Waals surface area (Å²) in [5.74, 6) is -0.370. The lowest BCUT2D eigenvalue weighted by Gasteiger charge is -2.05. The number of nitrogens with one attached hydrogen (secondary N) is 1. The number of nitrogens with zero attached hydrogens (tertiary/aromatic N) is 2. The molecule has 1 N–H and O–H groups in total. The number of amides is 1. The Morgan fingerprint density at radius 2 is 2.29 bits per heavy atom. The van der Waals surface area contributed by atoms with Gasteiger partial charge in [0.1, 0.15) is 0 Å². The molecule has 94 valence electrons. The van der Waals surface area contributed by atoms with E-state index in [0.29, 0.717) is 5.69 Å². The molecule has 1 rings (SSSR count). The number of carbonyl (C=O) groups excluding carboxylic acids is 1. The fourth-order valence-corrected chi connectivity index (χ4v) is 1.23. The van der Waals surface area contributed by atoms with Crippen LogP contribution >= 0.6 is 0 Å². The third kappa shape index (κ3) is 3.61. The van der Waals surface area contributed by atoms with Gasteiger partial charge in [0, 0.05) is 12.2 Å². The second-order valence-electron chi connectivity index (χ2n) is 3.39. The number of aromatic nitrogens is 2. The molecule has 4 nitrogen and oxygen atoms in total. The van der Waals surface area contributed by atoms with E-state index in [1.807, 2.05) is 0 Å². The first-order chi connectivity index (χ1) is 7.84. The summed E-state index contributed by atoms with van der Waals surface area (Å²) >= 11 is 0. The Balaban J connectivity index is 2.63. The van der Waals surface area contributed by atoms with Crippen molar-refractivity contribution < 1.29 is 18.0 Å². The van der Waals surface area contributed by atoms with Gasteiger partial charge in [-0.1, -0.05) is 6.58 Å². The molecule has 0 radical (unpaired) electrons. The van der Waals surface area contributed by atoms with Crippen LogP contribution in [0.1, 0.15) is 11.4 Å². The van der Waals surface area contributed by atoms with Gasteiger partial charge in [-0.2, -0.15) is 18.3 Å². The van der Waals surface area contributed by atoms with Gasteiger partial charge in [0.15, 0.2) is 5.69 Å². The molecule has 7 heteroatoms. The van der Waals surface area contributed by atoms with Crippen LogP contribution in [0.4, 0.5) is 13.2 Å². The summed E-state index contributed by atoms with van der Waals surface area (Å²) in [7, 11) is 0. The molecule has 0 aliphatic heterocycles. The molecule has 0 bridgehead atoms. The maximum atomic E-state index is 12.3. The highest BCUT2D eigenvalue weighted by molar-refractivity contribution is 5.86. The van der Waals surface area contributed by atoms with Crippen LogP contribution in [0.15, 0.2) is 18.7 Å². The first-order valence-corrected chi connectivity index (χ1v) is 4.86. The Bertz CT molecular complexity index is 423. The third-order valence-corrected chi connectivity index (χ3v) is 2.08. The van der Waals surface area contributed by atoms with Gasteiger partial charge < -0.3 is 5.32 Å². The standard InChI is InChI=1S/C10H12F3N3O/c1-3-9(17)14-4-5-16-7(2)6-8(15-16)10(11,12)13/h3,6H,1,4-5H2,2H3,(H,14,17). The molecule has 0 spiro atoms. The van der Waals surface area contributed by atoms with Crippen LogP contribution in [0.3, 0.4) is 0 Å². The van der Waals surface area contributed by atoms with E-state index in [1.165, 1.54) is 11.6 Å². The highest BCUT2D eigenvalue weighted by Crippen LogP contribution is 2.28. The molecule has 0 unspecified atom stereocenters. The average molecular weight is 247 g/mol. The average Bonchev–Trinajstić information content (AvgIpc) is 2.60. The van der Waals surface area contributed by atoms with E-state index in [9.17, 15) is 18.0 Å². The van der Waals surface area contributed by atoms with Crippen LogP contribution in [0.25, 0.3) is 0 Å². The largest absolute Gasteiger partial charge is 0.435 e. The number of hydrogen-bond donors (Lipinski definition) is 1. The number of hydrogen-bond acceptors (Lipinski definition) is 2. The molecule has 0 saturated heterocycles. The van der Waals surface area contributed by atoms with E-state index in [-0.39, 0.29) is 19.0 Å². The fraction of sp³-hybridized carbons (Fsp3) is 0.400. The van der Waals surface area contributed by atoms with Crippen LogP contribution in [0.2, 0.25) is 0 Å². The summed E-state index contributed by atoms with van der Waals surface area (Å²) < 4.78 is 38.2. The van der Waals surface area contributed by atoms with E-state index < -0.39 is 11.9 Å². The number of aryl methyl sites for hydroxylation is 1. The Labute approximate surface area is 96.1 Å². The molecule has 1 aromatic heterocycles. The molecular formula is C10H12F3N3O. The highest BCUT2D eigenvalue weighted by atomic mass is 19.4. The molecule has 0 aliphatic rings. The zero-order chi connectivity index (χ0) is 13.1. The molecule has 0 aliphatic carbocycles. The van der Waals surface area contributed by atoms with E-state index in [2.05, 4.69) is 17.0 Å². The molecule has 17 heavy (non-hydrogen) atoms. The van der Waals surface area contributed by atoms with Crippen LogP contribution in [0, 0.1) is 6.92 Å². The van der Waals surface area contributed by atoms with Crippen LogP contribution < -0.4 is 5.32 Å². The molecule has 0 fully saturated rings. The molecule has 1 amide bonds. The Morgan fingerprint density at radius 1 is 1.65 bits per heavy atom. The van der Waals surface area contributed by atoms with Gasteiger partial charge in [-0.25, -0.2) is 0 Å². The number of alkyl halides is 3. The normalized spacial score (nSPS) is 11.3. The maximum absolute atomic E-state index is 12.3. The number of carbonyl (C=O) groups is 1. The minimum absolute atomic E-state index is 0.182. The second-order valence-corrected chi connectivity index (χ2v) is 3.39. The topological polar surface area (TPSA) is 46.9 Å². The minimum Gasteiger partial charge on any atom is -0.351 e. The summed E-state index contributed by atoms with van der Waals surface area (Å²) in [5.41, 5.74) is -0.532. The number of rotatable bonds is 4. The third-order valence-electron chi connectivity index (χ3n) is 2.08. The monoisotopic (exact) mass is 247 g/mol. The predicted molar refractivity (Wildman–Crippen MR) is 55.2 cm³/mol. The van der Waals surface area contributed by atoms with Gasteiger partial charge in [-0.05, 0) is 19.1 Å². The SMILES string of the molecule is C=CC(=O)NCCn1nc(C(F)(F)F)cc1C. The van der Waals surface area contributed by atoms with Gasteiger partial charge in [-0.3, -0.25) is 9.48 Å². The van der Waals surface area contributed by atoms with E-state index in [1.54, 1.807) is 0 Å². The summed E-state index contributed by atoms with van der Waals surface area (Å²) in [6.07, 6.45) is -3.35. The molecule has 0 aromatic carbocycles. The molecular weight excluding hydrogens is 235 g/mol. The zero-order valence-electron chi connectivity index (χ0n) is 9.21. The van der Waals surface area contributed by atoms with Crippen LogP contribution in [-0.4, -0.2) is 22.2 Å². The number of halogens is 3. The Kier molecular flexibility index (Phi) is 3.93. The summed E-state index contributed by atoms with van der Waals surface area (Å²) in [4.78, 5) is 10.8. The lowest BCUT2D eigenvalue weighted by Crippen LogP contribution is -2.26. The van der Waals surface area contributed by atoms with Crippen molar-refractivity contribution in [3.05, 3.63) is 30.1 Å². The van der Waals surface area contributed by atoms with Gasteiger partial charge in [-0.15, -0.1) is 0 Å². The van der Waals surface area contributed by atoms with Crippen molar-refractivity contribution in [2.75, 3.05) is 6.54 Å². The lowest BCUT2D eigenvalue weighted by molar-refractivity contribution is -0.141. The summed E-state index contributed by atoms with van der Waals surface area (Å²) in [6.45, 7) is 5.16. The minimum atomic E-state index is -4.44. The van der Waals surface area contributed by atoms with E-state index in [4.69, 9.17) is 0 Å². The zero-order valence-corrected chi connectivity index (χ0v) is 9.21. The van der Waals surface area contributed by atoms with Crippen LogP contribution in [0.5, 0.6) is 0 Å². The Morgan fingerprint density at radius 3 is 2.76 bits per heavy atom. The van der Waals surface area contributed by atoms with E-state index in [0.717, 1.165) is 12.1 Å². The van der Waals surface area contributed by atoms with Gasteiger partial charge >= 0.3 is 6.18 Å². The van der Waals surface area contributed by atoms with Crippen molar-refractivity contribution in [2.24, 2.45) is 0 Å². The van der Waals surface area contributed by atoms with Crippen molar-refractivity contribution in [3.63, 3.8) is 0 Å².